The highest BCUT2D eigenvalue weighted by molar-refractivity contribution is 7.91. The van der Waals surface area contributed by atoms with Gasteiger partial charge in [0, 0.05) is 5.41 Å². The number of carbonyl (C=O) groups excluding carboxylic acids is 1. The maximum atomic E-state index is 12.4. The van der Waals surface area contributed by atoms with Crippen LogP contribution in [0.5, 0.6) is 11.5 Å². The van der Waals surface area contributed by atoms with E-state index in [1.165, 1.54) is 0 Å². The van der Waals surface area contributed by atoms with Gasteiger partial charge in [0.25, 0.3) is 10.0 Å². The predicted octanol–water partition coefficient (Wildman–Crippen LogP) is 2.28. The molecule has 0 aliphatic carbocycles. The topological polar surface area (TPSA) is 120 Å². The molecule has 2 N–H and O–H groups in total. The van der Waals surface area contributed by atoms with E-state index in [0.29, 0.717) is 11.5 Å². The van der Waals surface area contributed by atoms with Gasteiger partial charge >= 0.3 is 0 Å². The lowest BCUT2D eigenvalue weighted by molar-refractivity contribution is -0.123. The lowest BCUT2D eigenvalue weighted by atomic mass is 9.96. The van der Waals surface area contributed by atoms with Crippen LogP contribution < -0.4 is 19.5 Å². The largest absolute Gasteiger partial charge is 0.497 e. The van der Waals surface area contributed by atoms with E-state index in [9.17, 15) is 13.2 Å². The molecule has 1 amide bonds. The molecular formula is C17H24N4O5S2. The Bertz CT molecular complexity index is 904. The van der Waals surface area contributed by atoms with Crippen LogP contribution in [0, 0.1) is 5.41 Å². The maximum Gasteiger partial charge on any atom is 0.270 e. The minimum atomic E-state index is -3.88. The number of benzene rings is 1. The zero-order chi connectivity index (χ0) is 20.9. The number of carbonyl (C=O) groups is 1. The molecule has 0 saturated carbocycles. The van der Waals surface area contributed by atoms with Crippen molar-refractivity contribution in [1.82, 2.24) is 14.9 Å². The third-order valence-electron chi connectivity index (χ3n) is 3.45. The van der Waals surface area contributed by atoms with E-state index in [2.05, 4.69) is 20.2 Å². The Kier molecular flexibility index (Phi) is 6.96. The van der Waals surface area contributed by atoms with Crippen molar-refractivity contribution in [3.63, 3.8) is 0 Å². The van der Waals surface area contributed by atoms with Crippen LogP contribution in [0.3, 0.4) is 0 Å². The number of nitrogens with zero attached hydrogens (tertiary/aromatic N) is 2. The van der Waals surface area contributed by atoms with Gasteiger partial charge in [0.15, 0.2) is 0 Å². The average molecular weight is 429 g/mol. The molecule has 1 atom stereocenters. The van der Waals surface area contributed by atoms with Crippen molar-refractivity contribution in [2.24, 2.45) is 5.41 Å². The van der Waals surface area contributed by atoms with Crippen molar-refractivity contribution < 1.29 is 22.7 Å². The van der Waals surface area contributed by atoms with Gasteiger partial charge in [0.05, 0.1) is 13.2 Å². The zero-order valence-corrected chi connectivity index (χ0v) is 18.0. The van der Waals surface area contributed by atoms with E-state index >= 15 is 0 Å². The minimum absolute atomic E-state index is 0.123. The molecule has 154 valence electrons. The summed E-state index contributed by atoms with van der Waals surface area (Å²) in [6.07, 6.45) is 0. The number of rotatable bonds is 8. The summed E-state index contributed by atoms with van der Waals surface area (Å²) in [6.45, 7) is 7.02. The molecule has 0 saturated heterocycles. The fourth-order valence-corrected chi connectivity index (χ4v) is 4.04. The van der Waals surface area contributed by atoms with Gasteiger partial charge in [0.1, 0.15) is 18.1 Å². The minimum Gasteiger partial charge on any atom is -0.497 e. The van der Waals surface area contributed by atoms with E-state index in [1.54, 1.807) is 59.1 Å². The Balaban J connectivity index is 1.94. The highest BCUT2D eigenvalue weighted by Crippen LogP contribution is 2.23. The van der Waals surface area contributed by atoms with Gasteiger partial charge < -0.3 is 14.8 Å². The number of hydrogen-bond acceptors (Lipinski definition) is 8. The van der Waals surface area contributed by atoms with Gasteiger partial charge in [-0.2, -0.15) is 0 Å². The molecule has 9 nitrogen and oxygen atoms in total. The summed E-state index contributed by atoms with van der Waals surface area (Å²) in [5.74, 6) is 1.02. The summed E-state index contributed by atoms with van der Waals surface area (Å²) < 4.78 is 37.8. The second-order valence-electron chi connectivity index (χ2n) is 7.09. The first-order valence-electron chi connectivity index (χ1n) is 8.45. The van der Waals surface area contributed by atoms with E-state index in [1.807, 2.05) is 0 Å². The smallest absolute Gasteiger partial charge is 0.270 e. The maximum absolute atomic E-state index is 12.4. The Labute approximate surface area is 168 Å². The van der Waals surface area contributed by atoms with Gasteiger partial charge in [-0.05, 0) is 31.2 Å². The zero-order valence-electron chi connectivity index (χ0n) is 16.3. The Hall–Kier alpha value is -2.24. The Morgan fingerprint density at radius 3 is 2.36 bits per heavy atom. The molecule has 0 aliphatic rings. The molecule has 0 bridgehead atoms. The lowest BCUT2D eigenvalue weighted by Gasteiger charge is -2.15. The number of aromatic nitrogens is 2. The first-order chi connectivity index (χ1) is 13.0. The summed E-state index contributed by atoms with van der Waals surface area (Å²) in [7, 11) is -2.31. The third-order valence-corrected chi connectivity index (χ3v) is 6.25. The number of nitrogens with one attached hydrogen (secondary N) is 2. The van der Waals surface area contributed by atoms with Crippen LogP contribution in [0.2, 0.25) is 0 Å². The fraction of sp³-hybridized carbons (Fsp3) is 0.471. The van der Waals surface area contributed by atoms with Gasteiger partial charge in [-0.1, -0.05) is 32.1 Å². The van der Waals surface area contributed by atoms with Gasteiger partial charge in [-0.3, -0.25) is 4.79 Å². The number of ether oxygens (including phenoxy) is 2. The molecule has 1 heterocycles. The summed E-state index contributed by atoms with van der Waals surface area (Å²) in [5, 5.41) is 10.1. The van der Waals surface area contributed by atoms with Gasteiger partial charge in [-0.15, -0.1) is 10.2 Å². The summed E-state index contributed by atoms with van der Waals surface area (Å²) in [4.78, 5) is 12.0. The number of methoxy groups -OCH3 is 1. The summed E-state index contributed by atoms with van der Waals surface area (Å²) >= 11 is 0.785. The standard InChI is InChI=1S/C17H24N4O5S2/c1-11(10-26-13-8-6-12(25-5)7-9-13)21-28(23,24)16-20-19-15(27-16)18-14(22)17(2,3)4/h6-9,11,21H,10H2,1-5H3,(H,18,19,22). The number of anilines is 1. The normalized spacial score (nSPS) is 13.0. The van der Waals surface area contributed by atoms with Gasteiger partial charge in [0.2, 0.25) is 15.4 Å². The predicted molar refractivity (Wildman–Crippen MR) is 106 cm³/mol. The molecule has 1 unspecified atom stereocenters. The molecule has 11 heteroatoms. The second kappa shape index (κ2) is 8.84. The summed E-state index contributed by atoms with van der Waals surface area (Å²) in [5.41, 5.74) is -0.629. The van der Waals surface area contributed by atoms with Crippen molar-refractivity contribution in [2.45, 2.75) is 38.1 Å². The van der Waals surface area contributed by atoms with Gasteiger partial charge in [-0.25, -0.2) is 13.1 Å². The average Bonchev–Trinajstić information content (AvgIpc) is 3.09. The van der Waals surface area contributed by atoms with Crippen LogP contribution in [-0.4, -0.2) is 44.3 Å². The molecule has 1 aromatic heterocycles. The van der Waals surface area contributed by atoms with Crippen molar-refractivity contribution in [3.05, 3.63) is 24.3 Å². The first kappa shape index (κ1) is 22.1. The number of amides is 1. The van der Waals surface area contributed by atoms with Crippen molar-refractivity contribution in [3.8, 4) is 11.5 Å². The number of sulfonamides is 1. The number of hydrogen-bond donors (Lipinski definition) is 2. The molecule has 2 rings (SSSR count). The van der Waals surface area contributed by atoms with E-state index in [-0.39, 0.29) is 22.0 Å². The van der Waals surface area contributed by atoms with E-state index in [0.717, 1.165) is 11.3 Å². The molecule has 0 radical (unpaired) electrons. The monoisotopic (exact) mass is 428 g/mol. The van der Waals surface area contributed by atoms with Crippen LogP contribution in [0.4, 0.5) is 5.13 Å². The Morgan fingerprint density at radius 2 is 1.79 bits per heavy atom. The van der Waals surface area contributed by atoms with E-state index < -0.39 is 21.5 Å². The summed E-state index contributed by atoms with van der Waals surface area (Å²) in [6, 6.07) is 6.45. The van der Waals surface area contributed by atoms with Crippen molar-refractivity contribution in [1.29, 1.82) is 0 Å². The van der Waals surface area contributed by atoms with E-state index in [4.69, 9.17) is 9.47 Å². The van der Waals surface area contributed by atoms with Crippen LogP contribution in [-0.2, 0) is 14.8 Å². The highest BCUT2D eigenvalue weighted by Gasteiger charge is 2.26. The van der Waals surface area contributed by atoms with Crippen molar-refractivity contribution >= 4 is 32.4 Å². The van der Waals surface area contributed by atoms with Crippen molar-refractivity contribution in [2.75, 3.05) is 19.0 Å². The molecule has 1 aromatic carbocycles. The molecule has 0 spiro atoms. The molecule has 28 heavy (non-hydrogen) atoms. The highest BCUT2D eigenvalue weighted by atomic mass is 32.2. The first-order valence-corrected chi connectivity index (χ1v) is 10.8. The van der Waals surface area contributed by atoms with Crippen LogP contribution in [0.15, 0.2) is 28.6 Å². The SMILES string of the molecule is COc1ccc(OCC(C)NS(=O)(=O)c2nnc(NC(=O)C(C)(C)C)s2)cc1. The molecular weight excluding hydrogens is 404 g/mol. The Morgan fingerprint density at radius 1 is 1.18 bits per heavy atom. The third kappa shape index (κ3) is 6.14. The quantitative estimate of drug-likeness (QED) is 0.619. The lowest BCUT2D eigenvalue weighted by Crippen LogP contribution is -2.36. The fourth-order valence-electron chi connectivity index (χ4n) is 1.90. The van der Waals surface area contributed by atoms with Crippen LogP contribution in [0.25, 0.3) is 0 Å². The molecule has 2 aromatic rings. The van der Waals surface area contributed by atoms with Crippen LogP contribution in [0.1, 0.15) is 27.7 Å². The molecule has 0 fully saturated rings. The molecule has 0 aliphatic heterocycles. The van der Waals surface area contributed by atoms with Crippen LogP contribution >= 0.6 is 11.3 Å². The second-order valence-corrected chi connectivity index (χ2v) is 9.95.